The van der Waals surface area contributed by atoms with Gasteiger partial charge in [-0.1, -0.05) is 41.9 Å². The SMILES string of the molecule is CN(C)c1cc(C(=O)Nc2ccc3ccccc3c2)cc(Cl)n1. The van der Waals surface area contributed by atoms with E-state index in [1.807, 2.05) is 56.6 Å². The number of carbonyl (C=O) groups excluding carboxylic acids is 1. The van der Waals surface area contributed by atoms with Gasteiger partial charge < -0.3 is 10.2 Å². The van der Waals surface area contributed by atoms with Crippen LogP contribution in [-0.2, 0) is 0 Å². The topological polar surface area (TPSA) is 45.2 Å². The third-order valence-corrected chi connectivity index (χ3v) is 3.70. The van der Waals surface area contributed by atoms with Gasteiger partial charge in [0, 0.05) is 25.3 Å². The highest BCUT2D eigenvalue weighted by Crippen LogP contribution is 2.21. The first-order chi connectivity index (χ1) is 11.0. The molecule has 3 aromatic rings. The summed E-state index contributed by atoms with van der Waals surface area (Å²) in [7, 11) is 3.70. The van der Waals surface area contributed by atoms with Gasteiger partial charge in [-0.05, 0) is 35.0 Å². The maximum Gasteiger partial charge on any atom is 0.255 e. The van der Waals surface area contributed by atoms with Crippen molar-refractivity contribution in [3.63, 3.8) is 0 Å². The Morgan fingerprint density at radius 2 is 1.78 bits per heavy atom. The Balaban J connectivity index is 1.88. The van der Waals surface area contributed by atoms with Gasteiger partial charge in [-0.2, -0.15) is 0 Å². The van der Waals surface area contributed by atoms with Crippen LogP contribution in [0.3, 0.4) is 0 Å². The van der Waals surface area contributed by atoms with Crippen molar-refractivity contribution in [2.45, 2.75) is 0 Å². The van der Waals surface area contributed by atoms with Crippen molar-refractivity contribution in [2.24, 2.45) is 0 Å². The first-order valence-corrected chi connectivity index (χ1v) is 7.56. The van der Waals surface area contributed by atoms with Gasteiger partial charge in [0.05, 0.1) is 0 Å². The molecular formula is C18H16ClN3O. The second kappa shape index (κ2) is 6.26. The average Bonchev–Trinajstić information content (AvgIpc) is 2.54. The maximum absolute atomic E-state index is 12.5. The Morgan fingerprint density at radius 1 is 1.04 bits per heavy atom. The summed E-state index contributed by atoms with van der Waals surface area (Å²) in [5.74, 6) is 0.425. The minimum absolute atomic E-state index is 0.215. The van der Waals surface area contributed by atoms with Crippen LogP contribution >= 0.6 is 11.6 Å². The number of amides is 1. The van der Waals surface area contributed by atoms with Crippen molar-refractivity contribution >= 4 is 39.8 Å². The van der Waals surface area contributed by atoms with Crippen LogP contribution in [0.1, 0.15) is 10.4 Å². The standard InChI is InChI=1S/C18H16ClN3O/c1-22(2)17-11-14(10-16(19)21-17)18(23)20-15-8-7-12-5-3-4-6-13(12)9-15/h3-11H,1-2H3,(H,20,23). The fourth-order valence-electron chi connectivity index (χ4n) is 2.31. The molecule has 0 saturated carbocycles. The van der Waals surface area contributed by atoms with Gasteiger partial charge in [0.1, 0.15) is 11.0 Å². The molecule has 1 amide bonds. The second-order valence-electron chi connectivity index (χ2n) is 5.45. The van der Waals surface area contributed by atoms with Crippen molar-refractivity contribution in [1.29, 1.82) is 0 Å². The molecule has 0 fully saturated rings. The molecule has 5 heteroatoms. The molecule has 0 saturated heterocycles. The summed E-state index contributed by atoms with van der Waals surface area (Å²) in [5.41, 5.74) is 1.22. The first kappa shape index (κ1) is 15.3. The van der Waals surface area contributed by atoms with Crippen molar-refractivity contribution in [3.05, 3.63) is 65.3 Å². The van der Waals surface area contributed by atoms with Gasteiger partial charge in [0.25, 0.3) is 5.91 Å². The van der Waals surface area contributed by atoms with Gasteiger partial charge in [-0.15, -0.1) is 0 Å². The molecule has 3 rings (SSSR count). The van der Waals surface area contributed by atoms with Crippen molar-refractivity contribution in [1.82, 2.24) is 4.98 Å². The first-order valence-electron chi connectivity index (χ1n) is 7.18. The van der Waals surface area contributed by atoms with Crippen LogP contribution in [0.25, 0.3) is 10.8 Å². The van der Waals surface area contributed by atoms with E-state index < -0.39 is 0 Å². The quantitative estimate of drug-likeness (QED) is 0.734. The number of hydrogen-bond acceptors (Lipinski definition) is 3. The van der Waals surface area contributed by atoms with E-state index in [0.717, 1.165) is 16.5 Å². The number of benzene rings is 2. The molecule has 1 N–H and O–H groups in total. The summed E-state index contributed by atoms with van der Waals surface area (Å²) < 4.78 is 0. The molecule has 1 aromatic heterocycles. The molecule has 23 heavy (non-hydrogen) atoms. The largest absolute Gasteiger partial charge is 0.363 e. The Hall–Kier alpha value is -2.59. The zero-order valence-electron chi connectivity index (χ0n) is 12.9. The molecular weight excluding hydrogens is 310 g/mol. The fraction of sp³-hybridized carbons (Fsp3) is 0.111. The average molecular weight is 326 g/mol. The predicted octanol–water partition coefficient (Wildman–Crippen LogP) is 4.21. The number of hydrogen-bond donors (Lipinski definition) is 1. The highest BCUT2D eigenvalue weighted by Gasteiger charge is 2.11. The number of rotatable bonds is 3. The van der Waals surface area contributed by atoms with Crippen LogP contribution in [0.2, 0.25) is 5.15 Å². The lowest BCUT2D eigenvalue weighted by Crippen LogP contribution is -2.15. The number of fused-ring (bicyclic) bond motifs is 1. The highest BCUT2D eigenvalue weighted by atomic mass is 35.5. The molecule has 0 aliphatic heterocycles. The molecule has 2 aromatic carbocycles. The van der Waals surface area contributed by atoms with E-state index in [4.69, 9.17) is 11.6 Å². The summed E-state index contributed by atoms with van der Waals surface area (Å²) in [6.45, 7) is 0. The van der Waals surface area contributed by atoms with Crippen molar-refractivity contribution < 1.29 is 4.79 Å². The third kappa shape index (κ3) is 3.43. The minimum atomic E-state index is -0.215. The van der Waals surface area contributed by atoms with Crippen LogP contribution in [0.4, 0.5) is 11.5 Å². The molecule has 0 aliphatic rings. The normalized spacial score (nSPS) is 10.6. The Labute approximate surface area is 139 Å². The van der Waals surface area contributed by atoms with E-state index in [-0.39, 0.29) is 5.91 Å². The lowest BCUT2D eigenvalue weighted by molar-refractivity contribution is 0.102. The van der Waals surface area contributed by atoms with Gasteiger partial charge in [-0.3, -0.25) is 4.79 Å². The summed E-state index contributed by atoms with van der Waals surface area (Å²) in [5, 5.41) is 5.40. The van der Waals surface area contributed by atoms with Crippen LogP contribution in [-0.4, -0.2) is 25.0 Å². The van der Waals surface area contributed by atoms with Crippen LogP contribution in [0.5, 0.6) is 0 Å². The zero-order valence-corrected chi connectivity index (χ0v) is 13.6. The summed E-state index contributed by atoms with van der Waals surface area (Å²) in [4.78, 5) is 18.4. The number of aromatic nitrogens is 1. The Kier molecular flexibility index (Phi) is 4.17. The zero-order chi connectivity index (χ0) is 16.4. The fourth-order valence-corrected chi connectivity index (χ4v) is 2.52. The van der Waals surface area contributed by atoms with Gasteiger partial charge >= 0.3 is 0 Å². The van der Waals surface area contributed by atoms with Gasteiger partial charge in [0.2, 0.25) is 0 Å². The molecule has 0 bridgehead atoms. The van der Waals surface area contributed by atoms with Gasteiger partial charge in [-0.25, -0.2) is 4.98 Å². The molecule has 0 spiro atoms. The number of nitrogens with zero attached hydrogens (tertiary/aromatic N) is 2. The van der Waals surface area contributed by atoms with Crippen LogP contribution < -0.4 is 10.2 Å². The molecule has 0 radical (unpaired) electrons. The van der Waals surface area contributed by atoms with E-state index >= 15 is 0 Å². The van der Waals surface area contributed by atoms with E-state index in [2.05, 4.69) is 10.3 Å². The number of pyridine rings is 1. The van der Waals surface area contributed by atoms with E-state index in [0.29, 0.717) is 16.5 Å². The van der Waals surface area contributed by atoms with E-state index in [1.54, 1.807) is 17.0 Å². The number of anilines is 2. The molecule has 1 heterocycles. The second-order valence-corrected chi connectivity index (χ2v) is 5.83. The van der Waals surface area contributed by atoms with Crippen LogP contribution in [0, 0.1) is 0 Å². The summed E-state index contributed by atoms with van der Waals surface area (Å²) >= 11 is 6.00. The number of nitrogens with one attached hydrogen (secondary N) is 1. The predicted molar refractivity (Wildman–Crippen MR) is 95.5 cm³/mol. The Bertz CT molecular complexity index is 877. The smallest absolute Gasteiger partial charge is 0.255 e. The molecule has 0 atom stereocenters. The van der Waals surface area contributed by atoms with E-state index in [1.165, 1.54) is 0 Å². The minimum Gasteiger partial charge on any atom is -0.363 e. The molecule has 116 valence electrons. The monoisotopic (exact) mass is 325 g/mol. The number of halogens is 1. The lowest BCUT2D eigenvalue weighted by atomic mass is 10.1. The third-order valence-electron chi connectivity index (χ3n) is 3.51. The highest BCUT2D eigenvalue weighted by molar-refractivity contribution is 6.30. The van der Waals surface area contributed by atoms with Gasteiger partial charge in [0.15, 0.2) is 0 Å². The molecule has 0 aliphatic carbocycles. The van der Waals surface area contributed by atoms with E-state index in [9.17, 15) is 4.79 Å². The summed E-state index contributed by atoms with van der Waals surface area (Å²) in [6, 6.07) is 17.1. The number of carbonyl (C=O) groups is 1. The van der Waals surface area contributed by atoms with Crippen molar-refractivity contribution in [3.8, 4) is 0 Å². The van der Waals surface area contributed by atoms with Crippen LogP contribution in [0.15, 0.2) is 54.6 Å². The van der Waals surface area contributed by atoms with Crippen molar-refractivity contribution in [2.75, 3.05) is 24.3 Å². The maximum atomic E-state index is 12.5. The Morgan fingerprint density at radius 3 is 2.52 bits per heavy atom. The molecule has 0 unspecified atom stereocenters. The summed E-state index contributed by atoms with van der Waals surface area (Å²) in [6.07, 6.45) is 0. The molecule has 4 nitrogen and oxygen atoms in total. The lowest BCUT2D eigenvalue weighted by Gasteiger charge is -2.13.